The van der Waals surface area contributed by atoms with Crippen LogP contribution in [0.2, 0.25) is 0 Å². The zero-order chi connectivity index (χ0) is 94.3. The molecular formula is C88H149N9O31. The molecule has 2 fully saturated rings. The molecule has 2 unspecified atom stereocenters. The van der Waals surface area contributed by atoms with Crippen molar-refractivity contribution >= 4 is 59.1 Å². The molecule has 40 heteroatoms. The summed E-state index contributed by atoms with van der Waals surface area (Å²) in [5.74, 6) is -7.19. The highest BCUT2D eigenvalue weighted by atomic mass is 16.7. The van der Waals surface area contributed by atoms with Gasteiger partial charge in [-0.1, -0.05) is 91.3 Å². The number of methoxy groups -OCH3 is 3. The number of carbonyl (C=O) groups excluding carboxylic acids is 8. The molecule has 0 spiro atoms. The van der Waals surface area contributed by atoms with E-state index in [1.165, 1.54) is 44.4 Å². The first-order valence-electron chi connectivity index (χ1n) is 44.5. The number of rotatable bonds is 71. The summed E-state index contributed by atoms with van der Waals surface area (Å²) in [4.78, 5) is 127. The van der Waals surface area contributed by atoms with Gasteiger partial charge in [0.15, 0.2) is 6.10 Å². The Bertz CT molecular complexity index is 3460. The van der Waals surface area contributed by atoms with E-state index in [0.717, 1.165) is 4.90 Å². The number of benzene rings is 2. The molecule has 0 aromatic heterocycles. The molecule has 0 saturated carbocycles. The second-order valence-electron chi connectivity index (χ2n) is 32.0. The van der Waals surface area contributed by atoms with Gasteiger partial charge in [-0.3, -0.25) is 38.5 Å². The molecule has 8 amide bonds. The SMILES string of the molecule is CC[C@H](C)[C@@H](C(CC(=O)N1CCC[C@H]1[C@H](OC)[C@@H](C)C(=O)N[C@H](C)[C@@H](O)c1ccccc1)OC)N(C)C(=O)C(NC(=O)[C@H](C(C)C)N(C)C(=O)OCc1ccc(O[C@@H]2O[C@H](C(=O)O)[C@@H](O)[C@H](O)[C@H]2O)c(NC(=O)CCNC(=O)[C@@H](N)CCCCNC(=O)CCOCCOCCOCCOCCOCCOCCOCCOCCOCCOCCOCCOC)c1)C(C)C. The highest BCUT2D eigenvalue weighted by molar-refractivity contribution is 5.94. The van der Waals surface area contributed by atoms with Crippen molar-refractivity contribution in [3.8, 4) is 5.75 Å². The van der Waals surface area contributed by atoms with Gasteiger partial charge in [0.05, 0.1) is 212 Å². The topological polar surface area (TPSA) is 508 Å². The minimum absolute atomic E-state index is 0.125. The van der Waals surface area contributed by atoms with Crippen LogP contribution >= 0.6 is 0 Å². The minimum Gasteiger partial charge on any atom is -0.479 e. The zero-order valence-corrected chi connectivity index (χ0v) is 77.2. The van der Waals surface area contributed by atoms with Crippen LogP contribution in [0.3, 0.4) is 0 Å². The lowest BCUT2D eigenvalue weighted by Crippen LogP contribution is -2.61. The maximum absolute atomic E-state index is 15.0. The van der Waals surface area contributed by atoms with Gasteiger partial charge in [-0.25, -0.2) is 9.59 Å². The van der Waals surface area contributed by atoms with E-state index in [4.69, 9.17) is 86.3 Å². The van der Waals surface area contributed by atoms with Crippen molar-refractivity contribution in [3.05, 3.63) is 59.7 Å². The van der Waals surface area contributed by atoms with E-state index in [1.54, 1.807) is 84.9 Å². The predicted molar refractivity (Wildman–Crippen MR) is 466 cm³/mol. The first-order valence-corrected chi connectivity index (χ1v) is 44.5. The van der Waals surface area contributed by atoms with Gasteiger partial charge >= 0.3 is 12.1 Å². The highest BCUT2D eigenvalue weighted by Gasteiger charge is 2.49. The molecule has 2 aliphatic heterocycles. The van der Waals surface area contributed by atoms with Gasteiger partial charge in [0.2, 0.25) is 47.6 Å². The summed E-state index contributed by atoms with van der Waals surface area (Å²) in [6, 6.07) is 7.86. The van der Waals surface area contributed by atoms with E-state index in [2.05, 4.69) is 26.6 Å². The first kappa shape index (κ1) is 113. The third-order valence-corrected chi connectivity index (χ3v) is 21.7. The van der Waals surface area contributed by atoms with Crippen LogP contribution in [-0.2, 0) is 121 Å². The lowest BCUT2D eigenvalue weighted by atomic mass is 9.89. The number of carbonyl (C=O) groups is 9. The fourth-order valence-corrected chi connectivity index (χ4v) is 14.3. The van der Waals surface area contributed by atoms with Crippen molar-refractivity contribution < 1.29 is 149 Å². The molecule has 16 atom stereocenters. The Morgan fingerprint density at radius 2 is 1.12 bits per heavy atom. The zero-order valence-electron chi connectivity index (χ0n) is 77.2. The molecule has 2 aliphatic rings. The average molecular weight is 1830 g/mol. The largest absolute Gasteiger partial charge is 0.479 e. The third kappa shape index (κ3) is 41.9. The normalized spacial score (nSPS) is 18.8. The van der Waals surface area contributed by atoms with Crippen molar-refractivity contribution in [1.29, 1.82) is 0 Å². The number of ether oxygens (including phenoxy) is 17. The van der Waals surface area contributed by atoms with Crippen molar-refractivity contribution in [3.63, 3.8) is 0 Å². The smallest absolute Gasteiger partial charge is 0.410 e. The number of nitrogens with two attached hydrogens (primary N) is 1. The molecule has 2 saturated heterocycles. The predicted octanol–water partition coefficient (Wildman–Crippen LogP) is 2.13. The van der Waals surface area contributed by atoms with E-state index < -0.39 is 145 Å². The number of amides is 8. The maximum atomic E-state index is 15.0. The number of aliphatic carboxylic acids is 1. The van der Waals surface area contributed by atoms with Crippen molar-refractivity contribution in [2.45, 2.75) is 205 Å². The number of carboxylic acids is 1. The number of nitrogens with zero attached hydrogens (tertiary/aromatic N) is 3. The molecule has 2 aromatic rings. The summed E-state index contributed by atoms with van der Waals surface area (Å²) in [5.41, 5.74) is 6.92. The first-order chi connectivity index (χ1) is 61.4. The Balaban J connectivity index is 1.17. The van der Waals surface area contributed by atoms with E-state index in [1.807, 2.05) is 19.9 Å². The van der Waals surface area contributed by atoms with Crippen LogP contribution in [0.15, 0.2) is 48.5 Å². The van der Waals surface area contributed by atoms with E-state index in [0.29, 0.717) is 190 Å². The number of hydrogen-bond acceptors (Lipinski definition) is 31. The molecule has 732 valence electrons. The number of aliphatic hydroxyl groups is 4. The number of likely N-dealkylation sites (tertiary alicyclic amines) is 1. The number of likely N-dealkylation sites (N-methyl/N-ethyl adjacent to an activating group) is 2. The molecule has 4 rings (SSSR count). The van der Waals surface area contributed by atoms with E-state index in [9.17, 15) is 68.7 Å². The minimum atomic E-state index is -2.05. The van der Waals surface area contributed by atoms with Crippen LogP contribution in [-0.4, -0.2) is 380 Å². The Morgan fingerprint density at radius 1 is 0.586 bits per heavy atom. The maximum Gasteiger partial charge on any atom is 0.410 e. The third-order valence-electron chi connectivity index (χ3n) is 21.7. The van der Waals surface area contributed by atoms with E-state index >= 15 is 0 Å². The lowest BCUT2D eigenvalue weighted by molar-refractivity contribution is -0.271. The quantitative estimate of drug-likeness (QED) is 0.0423. The number of anilines is 1. The molecule has 0 bridgehead atoms. The summed E-state index contributed by atoms with van der Waals surface area (Å²) in [6.45, 7) is 24.2. The highest BCUT2D eigenvalue weighted by Crippen LogP contribution is 2.34. The van der Waals surface area contributed by atoms with Crippen LogP contribution in [0.4, 0.5) is 10.5 Å². The van der Waals surface area contributed by atoms with Gasteiger partial charge in [-0.2, -0.15) is 0 Å². The number of unbranched alkanes of at least 4 members (excludes halogenated alkanes) is 1. The van der Waals surface area contributed by atoms with Crippen molar-refractivity contribution in [1.82, 2.24) is 36.0 Å². The van der Waals surface area contributed by atoms with Gasteiger partial charge in [0.1, 0.15) is 42.8 Å². The fraction of sp³-hybridized carbons (Fsp3) is 0.761. The summed E-state index contributed by atoms with van der Waals surface area (Å²) < 4.78 is 94.3. The van der Waals surface area contributed by atoms with Gasteiger partial charge in [0.25, 0.3) is 0 Å². The molecule has 12 N–H and O–H groups in total. The summed E-state index contributed by atoms with van der Waals surface area (Å²) in [6.07, 6.45) is -10.8. The van der Waals surface area contributed by atoms with Gasteiger partial charge in [0, 0.05) is 67.9 Å². The second-order valence-corrected chi connectivity index (χ2v) is 32.0. The molecule has 40 nitrogen and oxygen atoms in total. The summed E-state index contributed by atoms with van der Waals surface area (Å²) in [7, 11) is 7.54. The van der Waals surface area contributed by atoms with Gasteiger partial charge in [-0.15, -0.1) is 0 Å². The Kier molecular flexibility index (Phi) is 57.4. The summed E-state index contributed by atoms with van der Waals surface area (Å²) >= 11 is 0. The van der Waals surface area contributed by atoms with Gasteiger partial charge < -0.3 is 148 Å². The monoisotopic (exact) mass is 1830 g/mol. The standard InChI is InChI=1S/C88H149N9O31/c1-14-60(6)75(69(113-12)56-72(100)97-31-20-24-67(97)80(114-13)61(7)82(105)92-62(8)76(101)64-21-16-15-17-22-64)95(9)85(108)73(58(2)3)94-84(107)74(59(4)5)96(10)88(111)126-57-63-25-26-68(127-87-79(104)77(102)78(103)81(128-87)86(109)110)66(55-63)93-71(99)27-30-91-83(106)65(89)23-18-19-29-90-70(98)28-32-115-35-36-117-39-40-119-43-44-121-47-48-123-51-52-125-54-53-124-50-49-122-46-45-120-42-41-118-38-37-116-34-33-112-11/h15-17,21-22,25-26,55,58-62,65,67,69,73-81,87,101-104H,14,18-20,23-24,27-54,56-57,89H2,1-13H3,(H,90,98)(H,91,106)(H,92,105)(H,93,99)(H,94,107)(H,109,110)/t60-,61+,62+,65-,67-,69?,73?,74-,75-,76+,77-,78-,79+,80+,81-,87+/m0/s1. The molecule has 2 heterocycles. The Hall–Kier alpha value is -7.53. The van der Waals surface area contributed by atoms with Crippen LogP contribution in [0, 0.1) is 23.7 Å². The van der Waals surface area contributed by atoms with Crippen molar-refractivity contribution in [2.24, 2.45) is 29.4 Å². The van der Waals surface area contributed by atoms with Crippen LogP contribution in [0.5, 0.6) is 5.75 Å². The molecule has 0 radical (unpaired) electrons. The lowest BCUT2D eigenvalue weighted by Gasteiger charge is -2.41. The average Bonchev–Trinajstić information content (AvgIpc) is 1.27. The van der Waals surface area contributed by atoms with Gasteiger partial charge in [-0.05, 0) is 80.0 Å². The number of hydrogen-bond donors (Lipinski definition) is 11. The van der Waals surface area contributed by atoms with E-state index in [-0.39, 0.29) is 86.1 Å². The number of carboxylic acid groups (broad SMARTS) is 1. The molecule has 128 heavy (non-hydrogen) atoms. The molecular weight excluding hydrogens is 1680 g/mol. The van der Waals surface area contributed by atoms with Crippen LogP contribution < -0.4 is 37.1 Å². The van der Waals surface area contributed by atoms with Crippen LogP contribution in [0.25, 0.3) is 0 Å². The van der Waals surface area contributed by atoms with Crippen molar-refractivity contribution in [2.75, 3.05) is 212 Å². The Labute approximate surface area is 753 Å². The summed E-state index contributed by atoms with van der Waals surface area (Å²) in [5, 5.41) is 66.5. The fourth-order valence-electron chi connectivity index (χ4n) is 14.3. The number of nitrogens with one attached hydrogen (secondary N) is 5. The molecule has 2 aromatic carbocycles. The second kappa shape index (κ2) is 65.1. The van der Waals surface area contributed by atoms with Crippen LogP contribution in [0.1, 0.15) is 130 Å². The number of aliphatic hydroxyl groups excluding tert-OH is 4. The molecule has 0 aliphatic carbocycles. The Morgan fingerprint density at radius 3 is 1.61 bits per heavy atom.